The van der Waals surface area contributed by atoms with Crippen LogP contribution in [0.5, 0.6) is 17.2 Å². The van der Waals surface area contributed by atoms with Crippen molar-refractivity contribution in [3.05, 3.63) is 89.0 Å². The zero-order valence-corrected chi connectivity index (χ0v) is 20.4. The van der Waals surface area contributed by atoms with Crippen molar-refractivity contribution < 1.29 is 33.3 Å². The molecule has 0 aliphatic carbocycles. The van der Waals surface area contributed by atoms with Crippen LogP contribution >= 0.6 is 0 Å². The van der Waals surface area contributed by atoms with Crippen molar-refractivity contribution in [3.63, 3.8) is 0 Å². The zero-order valence-electron chi connectivity index (χ0n) is 20.4. The summed E-state index contributed by atoms with van der Waals surface area (Å²) >= 11 is 0. The van der Waals surface area contributed by atoms with Gasteiger partial charge in [-0.2, -0.15) is 5.26 Å². The Kier molecular flexibility index (Phi) is 9.00. The highest BCUT2D eigenvalue weighted by Gasteiger charge is 2.15. The van der Waals surface area contributed by atoms with Gasteiger partial charge in [-0.25, -0.2) is 9.59 Å². The molecule has 0 saturated heterocycles. The first-order chi connectivity index (χ1) is 17.9. The highest BCUT2D eigenvalue weighted by atomic mass is 16.6. The standard InChI is InChI=1S/C28H24N2O7/c1-4-36-27(32)19-6-10-22(11-7-19)30-26(31)21(17-29)15-18-5-14-24(35-3)25(16-18)37-28(33)20-8-12-23(34-2)13-9-20/h5-16H,4H2,1-3H3,(H,30,31)/b21-15+. The Hall–Kier alpha value is -5.10. The molecule has 188 valence electrons. The molecule has 0 unspecified atom stereocenters. The van der Waals surface area contributed by atoms with E-state index in [0.717, 1.165) is 0 Å². The molecule has 0 atom stereocenters. The molecule has 0 heterocycles. The lowest BCUT2D eigenvalue weighted by Crippen LogP contribution is -2.14. The van der Waals surface area contributed by atoms with Gasteiger partial charge < -0.3 is 24.3 Å². The third-order valence-corrected chi connectivity index (χ3v) is 5.05. The van der Waals surface area contributed by atoms with Crippen molar-refractivity contribution in [1.29, 1.82) is 5.26 Å². The number of nitrogens with zero attached hydrogens (tertiary/aromatic N) is 1. The summed E-state index contributed by atoms with van der Waals surface area (Å²) in [5.41, 5.74) is 1.28. The van der Waals surface area contributed by atoms with Gasteiger partial charge in [-0.05, 0) is 79.2 Å². The molecular weight excluding hydrogens is 476 g/mol. The maximum atomic E-state index is 12.7. The number of rotatable bonds is 9. The molecule has 0 aliphatic rings. The van der Waals surface area contributed by atoms with Crippen LogP contribution in [-0.2, 0) is 9.53 Å². The number of hydrogen-bond donors (Lipinski definition) is 1. The fourth-order valence-corrected chi connectivity index (χ4v) is 3.17. The Labute approximate surface area is 213 Å². The van der Waals surface area contributed by atoms with Gasteiger partial charge in [-0.15, -0.1) is 0 Å². The van der Waals surface area contributed by atoms with Crippen molar-refractivity contribution in [3.8, 4) is 23.3 Å². The first-order valence-electron chi connectivity index (χ1n) is 11.1. The van der Waals surface area contributed by atoms with E-state index in [1.54, 1.807) is 43.3 Å². The smallest absolute Gasteiger partial charge is 0.343 e. The molecular formula is C28H24N2O7. The van der Waals surface area contributed by atoms with Crippen molar-refractivity contribution in [1.82, 2.24) is 0 Å². The maximum absolute atomic E-state index is 12.7. The lowest BCUT2D eigenvalue weighted by molar-refractivity contribution is -0.112. The van der Waals surface area contributed by atoms with Crippen LogP contribution in [0.2, 0.25) is 0 Å². The van der Waals surface area contributed by atoms with Gasteiger partial charge in [0.1, 0.15) is 17.4 Å². The van der Waals surface area contributed by atoms with Gasteiger partial charge in [0.25, 0.3) is 5.91 Å². The molecule has 3 aromatic rings. The lowest BCUT2D eigenvalue weighted by atomic mass is 10.1. The molecule has 0 radical (unpaired) electrons. The second-order valence-corrected chi connectivity index (χ2v) is 7.45. The zero-order chi connectivity index (χ0) is 26.8. The summed E-state index contributed by atoms with van der Waals surface area (Å²) in [5.74, 6) is -0.738. The Balaban J connectivity index is 1.77. The average Bonchev–Trinajstić information content (AvgIpc) is 2.92. The minimum atomic E-state index is -0.654. The molecule has 0 bridgehead atoms. The number of amides is 1. The van der Waals surface area contributed by atoms with E-state index in [-0.39, 0.29) is 17.9 Å². The minimum absolute atomic E-state index is 0.115. The van der Waals surface area contributed by atoms with Crippen LogP contribution in [0.25, 0.3) is 6.08 Å². The van der Waals surface area contributed by atoms with Crippen molar-refractivity contribution >= 4 is 29.6 Å². The molecule has 9 nitrogen and oxygen atoms in total. The monoisotopic (exact) mass is 500 g/mol. The predicted molar refractivity (Wildman–Crippen MR) is 136 cm³/mol. The van der Waals surface area contributed by atoms with Crippen molar-refractivity contribution in [2.45, 2.75) is 6.92 Å². The van der Waals surface area contributed by atoms with Crippen LogP contribution in [0.15, 0.2) is 72.3 Å². The fraction of sp³-hybridized carbons (Fsp3) is 0.143. The van der Waals surface area contributed by atoms with Gasteiger partial charge in [0.05, 0.1) is 32.0 Å². The van der Waals surface area contributed by atoms with Crippen LogP contribution < -0.4 is 19.5 Å². The van der Waals surface area contributed by atoms with Gasteiger partial charge in [0.2, 0.25) is 0 Å². The van der Waals surface area contributed by atoms with Crippen LogP contribution in [0, 0.1) is 11.3 Å². The van der Waals surface area contributed by atoms with E-state index in [1.165, 1.54) is 50.6 Å². The highest BCUT2D eigenvalue weighted by molar-refractivity contribution is 6.09. The maximum Gasteiger partial charge on any atom is 0.343 e. The Bertz CT molecular complexity index is 1350. The lowest BCUT2D eigenvalue weighted by Gasteiger charge is -2.11. The van der Waals surface area contributed by atoms with E-state index in [0.29, 0.717) is 33.9 Å². The Morgan fingerprint density at radius 3 is 2.11 bits per heavy atom. The summed E-state index contributed by atoms with van der Waals surface area (Å²) in [6, 6.07) is 19.0. The average molecular weight is 501 g/mol. The molecule has 0 aliphatic heterocycles. The largest absolute Gasteiger partial charge is 0.497 e. The van der Waals surface area contributed by atoms with E-state index < -0.39 is 17.8 Å². The van der Waals surface area contributed by atoms with Gasteiger partial charge >= 0.3 is 11.9 Å². The molecule has 1 amide bonds. The molecule has 3 rings (SSSR count). The normalized spacial score (nSPS) is 10.6. The fourth-order valence-electron chi connectivity index (χ4n) is 3.17. The molecule has 9 heteroatoms. The summed E-state index contributed by atoms with van der Waals surface area (Å²) in [6.07, 6.45) is 1.35. The third kappa shape index (κ3) is 6.96. The number of nitriles is 1. The number of hydrogen-bond acceptors (Lipinski definition) is 8. The summed E-state index contributed by atoms with van der Waals surface area (Å²) in [4.78, 5) is 37.1. The van der Waals surface area contributed by atoms with Gasteiger partial charge in [-0.1, -0.05) is 6.07 Å². The number of carbonyl (C=O) groups is 3. The predicted octanol–water partition coefficient (Wildman–Crippen LogP) is 4.65. The molecule has 37 heavy (non-hydrogen) atoms. The van der Waals surface area contributed by atoms with Crippen LogP contribution in [0.1, 0.15) is 33.2 Å². The summed E-state index contributed by atoms with van der Waals surface area (Å²) < 4.78 is 20.8. The number of methoxy groups -OCH3 is 2. The van der Waals surface area contributed by atoms with Gasteiger partial charge in [-0.3, -0.25) is 4.79 Å². The van der Waals surface area contributed by atoms with E-state index in [9.17, 15) is 19.6 Å². The molecule has 0 fully saturated rings. The Morgan fingerprint density at radius 2 is 1.51 bits per heavy atom. The van der Waals surface area contributed by atoms with Crippen LogP contribution in [0.4, 0.5) is 5.69 Å². The highest BCUT2D eigenvalue weighted by Crippen LogP contribution is 2.30. The summed E-state index contributed by atoms with van der Waals surface area (Å²) in [5, 5.41) is 12.2. The first kappa shape index (κ1) is 26.5. The third-order valence-electron chi connectivity index (χ3n) is 5.05. The molecule has 3 aromatic carbocycles. The van der Waals surface area contributed by atoms with E-state index in [1.807, 2.05) is 6.07 Å². The molecule has 0 spiro atoms. The Morgan fingerprint density at radius 1 is 0.865 bits per heavy atom. The van der Waals surface area contributed by atoms with Crippen molar-refractivity contribution in [2.75, 3.05) is 26.1 Å². The van der Waals surface area contributed by atoms with Crippen LogP contribution in [0.3, 0.4) is 0 Å². The van der Waals surface area contributed by atoms with Crippen LogP contribution in [-0.4, -0.2) is 38.7 Å². The quantitative estimate of drug-likeness (QED) is 0.195. The van der Waals surface area contributed by atoms with Gasteiger partial charge in [0.15, 0.2) is 11.5 Å². The van der Waals surface area contributed by atoms with E-state index >= 15 is 0 Å². The molecule has 1 N–H and O–H groups in total. The number of nitrogens with one attached hydrogen (secondary N) is 1. The number of benzene rings is 3. The van der Waals surface area contributed by atoms with E-state index in [4.69, 9.17) is 18.9 Å². The number of ether oxygens (including phenoxy) is 4. The van der Waals surface area contributed by atoms with Gasteiger partial charge in [0, 0.05) is 5.69 Å². The number of esters is 2. The summed E-state index contributed by atoms with van der Waals surface area (Å²) in [7, 11) is 2.95. The topological polar surface area (TPSA) is 124 Å². The minimum Gasteiger partial charge on any atom is -0.497 e. The van der Waals surface area contributed by atoms with Crippen molar-refractivity contribution in [2.24, 2.45) is 0 Å². The molecule has 0 aromatic heterocycles. The number of carbonyl (C=O) groups excluding carboxylic acids is 3. The summed E-state index contributed by atoms with van der Waals surface area (Å²) in [6.45, 7) is 1.96. The van der Waals surface area contributed by atoms with E-state index in [2.05, 4.69) is 5.32 Å². The SMILES string of the molecule is CCOC(=O)c1ccc(NC(=O)/C(C#N)=C/c2ccc(OC)c(OC(=O)c3ccc(OC)cc3)c2)cc1. The molecule has 0 saturated carbocycles. The second kappa shape index (κ2) is 12.6. The first-order valence-corrected chi connectivity index (χ1v) is 11.1. The number of anilines is 1. The second-order valence-electron chi connectivity index (χ2n) is 7.45.